The quantitative estimate of drug-likeness (QED) is 0.719. The molecular weight excluding hydrogens is 334 g/mol. The lowest BCUT2D eigenvalue weighted by Crippen LogP contribution is -2.28. The van der Waals surface area contributed by atoms with E-state index in [2.05, 4.69) is 15.6 Å². The number of aryl methyl sites for hydroxylation is 1. The van der Waals surface area contributed by atoms with Gasteiger partial charge in [0.1, 0.15) is 0 Å². The van der Waals surface area contributed by atoms with Crippen molar-refractivity contribution in [2.45, 2.75) is 13.5 Å². The highest BCUT2D eigenvalue weighted by molar-refractivity contribution is 7.15. The van der Waals surface area contributed by atoms with E-state index in [-0.39, 0.29) is 6.03 Å². The highest BCUT2D eigenvalue weighted by atomic mass is 35.5. The molecule has 0 saturated carbocycles. The Morgan fingerprint density at radius 3 is 2.96 bits per heavy atom. The molecule has 0 saturated heterocycles. The number of nitrogens with zero attached hydrogens (tertiary/aromatic N) is 1. The highest BCUT2D eigenvalue weighted by Gasteiger charge is 2.12. The van der Waals surface area contributed by atoms with Gasteiger partial charge in [-0.2, -0.15) is 0 Å². The molecule has 3 rings (SSSR count). The van der Waals surface area contributed by atoms with Crippen LogP contribution in [0, 0.1) is 6.92 Å². The summed E-state index contributed by atoms with van der Waals surface area (Å²) in [5.74, 6) is 0.729. The lowest BCUT2D eigenvalue weighted by molar-refractivity contribution is 0.252. The summed E-state index contributed by atoms with van der Waals surface area (Å²) >= 11 is 7.39. The van der Waals surface area contributed by atoms with Crippen molar-refractivity contribution in [3.63, 3.8) is 0 Å². The van der Waals surface area contributed by atoms with Crippen LogP contribution in [0.1, 0.15) is 10.6 Å². The largest absolute Gasteiger partial charge is 0.462 e. The molecule has 0 aliphatic carbocycles. The van der Waals surface area contributed by atoms with E-state index in [0.717, 1.165) is 21.3 Å². The molecule has 0 fully saturated rings. The first-order chi connectivity index (χ1) is 11.1. The summed E-state index contributed by atoms with van der Waals surface area (Å²) in [5.41, 5.74) is 1.52. The van der Waals surface area contributed by atoms with Crippen LogP contribution in [0.4, 0.5) is 10.5 Å². The smallest absolute Gasteiger partial charge is 0.319 e. The van der Waals surface area contributed by atoms with E-state index in [0.29, 0.717) is 17.3 Å². The van der Waals surface area contributed by atoms with Crippen LogP contribution >= 0.6 is 22.9 Å². The summed E-state index contributed by atoms with van der Waals surface area (Å²) in [6.45, 7) is 2.31. The van der Waals surface area contributed by atoms with Crippen LogP contribution in [0.25, 0.3) is 10.8 Å². The molecule has 0 spiro atoms. The molecule has 1 aromatic carbocycles. The zero-order valence-corrected chi connectivity index (χ0v) is 13.9. The van der Waals surface area contributed by atoms with Gasteiger partial charge >= 0.3 is 6.03 Å². The molecule has 23 heavy (non-hydrogen) atoms. The van der Waals surface area contributed by atoms with E-state index in [9.17, 15) is 4.79 Å². The topological polar surface area (TPSA) is 67.2 Å². The van der Waals surface area contributed by atoms with Gasteiger partial charge in [0.05, 0.1) is 18.5 Å². The van der Waals surface area contributed by atoms with Gasteiger partial charge < -0.3 is 15.1 Å². The Kier molecular flexibility index (Phi) is 4.64. The average molecular weight is 348 g/mol. The second-order valence-electron chi connectivity index (χ2n) is 4.82. The minimum Gasteiger partial charge on any atom is -0.462 e. The standard InChI is InChI=1S/C16H14ClN3O2S/c1-10-14(23-15(19-10)13-6-3-7-22-13)9-18-16(21)20-12-5-2-4-11(17)8-12/h2-8H,9H2,1H3,(H2,18,20,21). The lowest BCUT2D eigenvalue weighted by atomic mass is 10.3. The van der Waals surface area contributed by atoms with Crippen molar-refractivity contribution < 1.29 is 9.21 Å². The van der Waals surface area contributed by atoms with Crippen molar-refractivity contribution in [1.29, 1.82) is 0 Å². The number of urea groups is 1. The maximum Gasteiger partial charge on any atom is 0.319 e. The predicted octanol–water partition coefficient (Wildman–Crippen LogP) is 4.69. The number of carbonyl (C=O) groups is 1. The maximum absolute atomic E-state index is 11.9. The first kappa shape index (κ1) is 15.6. The van der Waals surface area contributed by atoms with Crippen LogP contribution in [-0.4, -0.2) is 11.0 Å². The first-order valence-corrected chi connectivity index (χ1v) is 8.12. The Hall–Kier alpha value is -2.31. The third-order valence-corrected chi connectivity index (χ3v) is 4.52. The molecule has 2 amide bonds. The summed E-state index contributed by atoms with van der Waals surface area (Å²) in [6, 6.07) is 10.4. The SMILES string of the molecule is Cc1nc(-c2ccco2)sc1CNC(=O)Nc1cccc(Cl)c1. The summed E-state index contributed by atoms with van der Waals surface area (Å²) in [6.07, 6.45) is 1.61. The molecule has 0 aliphatic heterocycles. The molecule has 118 valence electrons. The number of benzene rings is 1. The molecule has 7 heteroatoms. The Balaban J connectivity index is 1.61. The first-order valence-electron chi connectivity index (χ1n) is 6.92. The molecule has 3 aromatic rings. The zero-order chi connectivity index (χ0) is 16.2. The Morgan fingerprint density at radius 1 is 1.35 bits per heavy atom. The summed E-state index contributed by atoms with van der Waals surface area (Å²) in [4.78, 5) is 17.4. The third kappa shape index (κ3) is 3.91. The van der Waals surface area contributed by atoms with E-state index in [1.807, 2.05) is 19.1 Å². The number of hydrogen-bond donors (Lipinski definition) is 2. The van der Waals surface area contributed by atoms with E-state index < -0.39 is 0 Å². The monoisotopic (exact) mass is 347 g/mol. The summed E-state index contributed by atoms with van der Waals surface area (Å²) in [7, 11) is 0. The van der Waals surface area contributed by atoms with Crippen LogP contribution in [0.2, 0.25) is 5.02 Å². The fourth-order valence-corrected chi connectivity index (χ4v) is 3.16. The van der Waals surface area contributed by atoms with Gasteiger partial charge in [-0.05, 0) is 37.3 Å². The molecule has 2 aromatic heterocycles. The molecule has 0 atom stereocenters. The van der Waals surface area contributed by atoms with Gasteiger partial charge in [0.25, 0.3) is 0 Å². The van der Waals surface area contributed by atoms with Gasteiger partial charge in [-0.15, -0.1) is 11.3 Å². The van der Waals surface area contributed by atoms with Gasteiger partial charge in [0, 0.05) is 15.6 Å². The second-order valence-corrected chi connectivity index (χ2v) is 6.34. The molecule has 0 unspecified atom stereocenters. The molecule has 0 aliphatic rings. The van der Waals surface area contributed by atoms with Crippen LogP contribution in [-0.2, 0) is 6.54 Å². The summed E-state index contributed by atoms with van der Waals surface area (Å²) in [5, 5.41) is 6.93. The Bertz CT molecular complexity index is 815. The third-order valence-electron chi connectivity index (χ3n) is 3.12. The number of hydrogen-bond acceptors (Lipinski definition) is 4. The minimum atomic E-state index is -0.292. The van der Waals surface area contributed by atoms with Crippen molar-refractivity contribution in [3.05, 3.63) is 58.3 Å². The van der Waals surface area contributed by atoms with Crippen LogP contribution in [0.15, 0.2) is 47.1 Å². The fraction of sp³-hybridized carbons (Fsp3) is 0.125. The zero-order valence-electron chi connectivity index (χ0n) is 12.3. The number of carbonyl (C=O) groups excluding carboxylic acids is 1. The van der Waals surface area contributed by atoms with Crippen molar-refractivity contribution in [1.82, 2.24) is 10.3 Å². The van der Waals surface area contributed by atoms with E-state index >= 15 is 0 Å². The molecule has 0 bridgehead atoms. The van der Waals surface area contributed by atoms with Gasteiger partial charge in [0.2, 0.25) is 0 Å². The van der Waals surface area contributed by atoms with Crippen molar-refractivity contribution in [2.24, 2.45) is 0 Å². The number of furan rings is 1. The molecule has 5 nitrogen and oxygen atoms in total. The highest BCUT2D eigenvalue weighted by Crippen LogP contribution is 2.28. The van der Waals surface area contributed by atoms with Crippen molar-refractivity contribution >= 4 is 34.7 Å². The normalized spacial score (nSPS) is 10.5. The molecule has 2 heterocycles. The number of halogens is 1. The molecular formula is C16H14ClN3O2S. The van der Waals surface area contributed by atoms with Crippen LogP contribution < -0.4 is 10.6 Å². The number of aromatic nitrogens is 1. The number of nitrogens with one attached hydrogen (secondary N) is 2. The van der Waals surface area contributed by atoms with Gasteiger partial charge in [-0.25, -0.2) is 9.78 Å². The lowest BCUT2D eigenvalue weighted by Gasteiger charge is -2.07. The molecule has 2 N–H and O–H groups in total. The van der Waals surface area contributed by atoms with E-state index in [1.165, 1.54) is 11.3 Å². The Labute approximate surface area is 142 Å². The van der Waals surface area contributed by atoms with E-state index in [1.54, 1.807) is 30.5 Å². The number of amides is 2. The molecule has 0 radical (unpaired) electrons. The average Bonchev–Trinajstić information content (AvgIpc) is 3.14. The minimum absolute atomic E-state index is 0.292. The van der Waals surface area contributed by atoms with Crippen molar-refractivity contribution in [3.8, 4) is 10.8 Å². The summed E-state index contributed by atoms with van der Waals surface area (Å²) < 4.78 is 5.34. The van der Waals surface area contributed by atoms with E-state index in [4.69, 9.17) is 16.0 Å². The predicted molar refractivity (Wildman–Crippen MR) is 91.9 cm³/mol. The number of thiazole rings is 1. The van der Waals surface area contributed by atoms with Gasteiger partial charge in [-0.1, -0.05) is 17.7 Å². The fourth-order valence-electron chi connectivity index (χ4n) is 2.00. The van der Waals surface area contributed by atoms with Crippen molar-refractivity contribution in [2.75, 3.05) is 5.32 Å². The number of rotatable bonds is 4. The second kappa shape index (κ2) is 6.85. The maximum atomic E-state index is 11.9. The van der Waals surface area contributed by atoms with Gasteiger partial charge in [0.15, 0.2) is 10.8 Å². The number of anilines is 1. The van der Waals surface area contributed by atoms with Crippen LogP contribution in [0.3, 0.4) is 0 Å². The van der Waals surface area contributed by atoms with Crippen LogP contribution in [0.5, 0.6) is 0 Å². The van der Waals surface area contributed by atoms with Gasteiger partial charge in [-0.3, -0.25) is 0 Å². The Morgan fingerprint density at radius 2 is 2.22 bits per heavy atom.